The molecule has 28 heavy (non-hydrogen) atoms. The molecule has 6 heteroatoms. The van der Waals surface area contributed by atoms with Crippen LogP contribution in [0, 0.1) is 11.7 Å². The van der Waals surface area contributed by atoms with Crippen LogP contribution in [0.25, 0.3) is 0 Å². The van der Waals surface area contributed by atoms with Gasteiger partial charge in [0.1, 0.15) is 5.82 Å². The maximum Gasteiger partial charge on any atom is 0.256 e. The maximum atomic E-state index is 13.1. The first-order chi connectivity index (χ1) is 13.5. The number of carbonyl (C=O) groups is 2. The van der Waals surface area contributed by atoms with Crippen LogP contribution in [0.1, 0.15) is 46.8 Å². The van der Waals surface area contributed by atoms with Gasteiger partial charge in [0.2, 0.25) is 6.41 Å². The first-order valence-electron chi connectivity index (χ1n) is 9.53. The third-order valence-electron chi connectivity index (χ3n) is 5.26. The molecule has 0 spiro atoms. The van der Waals surface area contributed by atoms with Crippen molar-refractivity contribution in [2.75, 3.05) is 6.54 Å². The first kappa shape index (κ1) is 20.3. The van der Waals surface area contributed by atoms with Gasteiger partial charge in [0.15, 0.2) is 0 Å². The second kappa shape index (κ2) is 9.20. The van der Waals surface area contributed by atoms with E-state index in [0.29, 0.717) is 36.1 Å². The van der Waals surface area contributed by atoms with E-state index < -0.39 is 0 Å². The fourth-order valence-corrected chi connectivity index (χ4v) is 4.05. The Bertz CT molecular complexity index is 854. The summed E-state index contributed by atoms with van der Waals surface area (Å²) in [5.41, 5.74) is 3.50. The van der Waals surface area contributed by atoms with Crippen LogP contribution in [0.3, 0.4) is 0 Å². The quantitative estimate of drug-likeness (QED) is 0.501. The summed E-state index contributed by atoms with van der Waals surface area (Å²) in [6, 6.07) is 10.1. The monoisotopic (exact) mass is 402 g/mol. The maximum absolute atomic E-state index is 13.1. The van der Waals surface area contributed by atoms with Crippen LogP contribution in [-0.2, 0) is 24.3 Å². The van der Waals surface area contributed by atoms with Crippen molar-refractivity contribution in [3.63, 3.8) is 0 Å². The Balaban J connectivity index is 1.72. The van der Waals surface area contributed by atoms with Crippen molar-refractivity contribution < 1.29 is 14.0 Å². The Morgan fingerprint density at radius 2 is 2.00 bits per heavy atom. The minimum absolute atomic E-state index is 0.0851. The molecule has 1 atom stereocenters. The summed E-state index contributed by atoms with van der Waals surface area (Å²) in [4.78, 5) is 24.9. The van der Waals surface area contributed by atoms with E-state index in [4.69, 9.17) is 11.6 Å². The third kappa shape index (κ3) is 4.71. The first-order valence-corrected chi connectivity index (χ1v) is 9.91. The number of nitrogens with zero attached hydrogens (tertiary/aromatic N) is 1. The Morgan fingerprint density at radius 3 is 2.68 bits per heavy atom. The molecule has 0 fully saturated rings. The number of carbonyl (C=O) groups excluding carboxylic acids is 2. The van der Waals surface area contributed by atoms with E-state index >= 15 is 0 Å². The number of fused-ring (bicyclic) bond motifs is 1. The van der Waals surface area contributed by atoms with Gasteiger partial charge in [0, 0.05) is 19.6 Å². The molecule has 1 unspecified atom stereocenters. The van der Waals surface area contributed by atoms with Crippen molar-refractivity contribution in [1.29, 1.82) is 0 Å². The minimum Gasteiger partial charge on any atom is -0.359 e. The van der Waals surface area contributed by atoms with Crippen LogP contribution in [-0.4, -0.2) is 23.8 Å². The standard InChI is InChI=1S/C22H24ClFN2O2/c1-2-15(7-8-25-14-27)9-17-10-18-13-26(22(28)21(18)20(23)11-17)12-16-3-5-19(24)6-4-16/h3-6,10-11,14-15H,2,7-9,12-13H2,1H3,(H,25,27). The van der Waals surface area contributed by atoms with Crippen molar-refractivity contribution in [3.05, 3.63) is 69.5 Å². The average molecular weight is 403 g/mol. The lowest BCUT2D eigenvalue weighted by Crippen LogP contribution is -2.23. The molecular formula is C22H24ClFN2O2. The molecule has 0 bridgehead atoms. The predicted molar refractivity (Wildman–Crippen MR) is 108 cm³/mol. The number of hydrogen-bond donors (Lipinski definition) is 1. The zero-order valence-corrected chi connectivity index (χ0v) is 16.6. The molecule has 0 saturated carbocycles. The van der Waals surface area contributed by atoms with Crippen LogP contribution in [0.15, 0.2) is 36.4 Å². The van der Waals surface area contributed by atoms with Crippen LogP contribution in [0.2, 0.25) is 5.02 Å². The minimum atomic E-state index is -0.290. The van der Waals surface area contributed by atoms with E-state index in [0.717, 1.165) is 42.4 Å². The molecule has 1 N–H and O–H groups in total. The molecule has 2 aromatic carbocycles. The summed E-state index contributed by atoms with van der Waals surface area (Å²) in [5.74, 6) is 0.0633. The van der Waals surface area contributed by atoms with Gasteiger partial charge in [0.05, 0.1) is 10.6 Å². The van der Waals surface area contributed by atoms with E-state index in [1.807, 2.05) is 6.07 Å². The molecule has 2 aromatic rings. The van der Waals surface area contributed by atoms with Gasteiger partial charge in [-0.05, 0) is 53.6 Å². The molecule has 0 saturated heterocycles. The highest BCUT2D eigenvalue weighted by atomic mass is 35.5. The number of rotatable bonds is 9. The number of nitrogens with one attached hydrogen (secondary N) is 1. The second-order valence-electron chi connectivity index (χ2n) is 7.24. The lowest BCUT2D eigenvalue weighted by Gasteiger charge is -2.15. The average Bonchev–Trinajstić information content (AvgIpc) is 2.98. The van der Waals surface area contributed by atoms with E-state index in [1.165, 1.54) is 12.1 Å². The van der Waals surface area contributed by atoms with Gasteiger partial charge in [0.25, 0.3) is 5.91 Å². The molecule has 0 aliphatic carbocycles. The van der Waals surface area contributed by atoms with Crippen LogP contribution in [0.5, 0.6) is 0 Å². The SMILES string of the molecule is CCC(CCNC=O)Cc1cc(Cl)c2c(c1)CN(Cc1ccc(F)cc1)C2=O. The smallest absolute Gasteiger partial charge is 0.256 e. The van der Waals surface area contributed by atoms with Gasteiger partial charge < -0.3 is 10.2 Å². The van der Waals surface area contributed by atoms with E-state index in [2.05, 4.69) is 18.3 Å². The van der Waals surface area contributed by atoms with Crippen LogP contribution < -0.4 is 5.32 Å². The van der Waals surface area contributed by atoms with Crippen molar-refractivity contribution in [2.45, 2.75) is 39.3 Å². The van der Waals surface area contributed by atoms with E-state index in [-0.39, 0.29) is 11.7 Å². The van der Waals surface area contributed by atoms with Gasteiger partial charge >= 0.3 is 0 Å². The Kier molecular flexibility index (Phi) is 6.68. The largest absolute Gasteiger partial charge is 0.359 e. The number of hydrogen-bond acceptors (Lipinski definition) is 2. The highest BCUT2D eigenvalue weighted by molar-refractivity contribution is 6.34. The highest BCUT2D eigenvalue weighted by Gasteiger charge is 2.30. The summed E-state index contributed by atoms with van der Waals surface area (Å²) in [6.45, 7) is 3.72. The third-order valence-corrected chi connectivity index (χ3v) is 5.56. The summed E-state index contributed by atoms with van der Waals surface area (Å²) >= 11 is 6.46. The number of benzene rings is 2. The van der Waals surface area contributed by atoms with Gasteiger partial charge in [-0.1, -0.05) is 43.1 Å². The fraction of sp³-hybridized carbons (Fsp3) is 0.364. The number of amides is 2. The molecule has 3 rings (SSSR count). The van der Waals surface area contributed by atoms with Crippen molar-refractivity contribution in [3.8, 4) is 0 Å². The zero-order valence-electron chi connectivity index (χ0n) is 15.9. The fourth-order valence-electron chi connectivity index (χ4n) is 3.71. The predicted octanol–water partition coefficient (Wildman–Crippen LogP) is 4.34. The molecule has 148 valence electrons. The van der Waals surface area contributed by atoms with Crippen molar-refractivity contribution >= 4 is 23.9 Å². The Hall–Kier alpha value is -2.40. The highest BCUT2D eigenvalue weighted by Crippen LogP contribution is 2.32. The zero-order chi connectivity index (χ0) is 20.1. The molecule has 4 nitrogen and oxygen atoms in total. The Morgan fingerprint density at radius 1 is 1.25 bits per heavy atom. The summed E-state index contributed by atoms with van der Waals surface area (Å²) in [7, 11) is 0. The van der Waals surface area contributed by atoms with Gasteiger partial charge in [-0.25, -0.2) is 4.39 Å². The summed E-state index contributed by atoms with van der Waals surface area (Å²) < 4.78 is 13.1. The summed E-state index contributed by atoms with van der Waals surface area (Å²) in [5, 5.41) is 3.19. The number of halogens is 2. The van der Waals surface area contributed by atoms with Crippen molar-refractivity contribution in [1.82, 2.24) is 10.2 Å². The molecule has 0 radical (unpaired) electrons. The van der Waals surface area contributed by atoms with Crippen molar-refractivity contribution in [2.24, 2.45) is 5.92 Å². The normalized spacial score (nSPS) is 14.1. The lowest BCUT2D eigenvalue weighted by atomic mass is 9.92. The molecular weight excluding hydrogens is 379 g/mol. The molecule has 1 heterocycles. The second-order valence-corrected chi connectivity index (χ2v) is 7.65. The van der Waals surface area contributed by atoms with E-state index in [9.17, 15) is 14.0 Å². The van der Waals surface area contributed by atoms with Crippen LogP contribution in [0.4, 0.5) is 4.39 Å². The Labute approximate surface area is 169 Å². The van der Waals surface area contributed by atoms with Gasteiger partial charge in [-0.3, -0.25) is 9.59 Å². The molecule has 2 amide bonds. The molecule has 1 aliphatic heterocycles. The summed E-state index contributed by atoms with van der Waals surface area (Å²) in [6.07, 6.45) is 3.49. The lowest BCUT2D eigenvalue weighted by molar-refractivity contribution is -0.109. The van der Waals surface area contributed by atoms with Gasteiger partial charge in [-0.15, -0.1) is 0 Å². The van der Waals surface area contributed by atoms with Crippen LogP contribution >= 0.6 is 11.6 Å². The van der Waals surface area contributed by atoms with E-state index in [1.54, 1.807) is 17.0 Å². The topological polar surface area (TPSA) is 49.4 Å². The molecule has 0 aromatic heterocycles. The molecule has 1 aliphatic rings. The van der Waals surface area contributed by atoms with Gasteiger partial charge in [-0.2, -0.15) is 0 Å².